The standard InChI is InChI=1S/C12H20N2O/c1-4-12(3,8-13)11(15)10-6-5-9(2)14-7-10/h5-7,11,15H,4,8,13H2,1-3H3. The van der Waals surface area contributed by atoms with Gasteiger partial charge in [-0.1, -0.05) is 19.9 Å². The number of nitrogens with two attached hydrogens (primary N) is 1. The molecule has 3 N–H and O–H groups in total. The van der Waals surface area contributed by atoms with Gasteiger partial charge in [-0.25, -0.2) is 0 Å². The molecule has 0 aliphatic rings. The van der Waals surface area contributed by atoms with Crippen LogP contribution in [0.2, 0.25) is 0 Å². The molecule has 0 aliphatic carbocycles. The Labute approximate surface area is 91.3 Å². The summed E-state index contributed by atoms with van der Waals surface area (Å²) in [5.41, 5.74) is 7.24. The zero-order valence-electron chi connectivity index (χ0n) is 9.70. The van der Waals surface area contributed by atoms with E-state index in [9.17, 15) is 5.11 Å². The molecule has 3 heteroatoms. The van der Waals surface area contributed by atoms with Crippen molar-refractivity contribution in [3.8, 4) is 0 Å². The third-order valence-corrected chi connectivity index (χ3v) is 3.18. The van der Waals surface area contributed by atoms with E-state index in [-0.39, 0.29) is 5.41 Å². The highest BCUT2D eigenvalue weighted by Crippen LogP contribution is 2.35. The summed E-state index contributed by atoms with van der Waals surface area (Å²) in [7, 11) is 0. The number of aliphatic hydroxyl groups excluding tert-OH is 1. The van der Waals surface area contributed by atoms with E-state index in [0.717, 1.165) is 17.7 Å². The molecule has 1 heterocycles. The lowest BCUT2D eigenvalue weighted by atomic mass is 9.79. The van der Waals surface area contributed by atoms with Gasteiger partial charge >= 0.3 is 0 Å². The number of aromatic nitrogens is 1. The maximum atomic E-state index is 10.2. The Morgan fingerprint density at radius 1 is 1.53 bits per heavy atom. The van der Waals surface area contributed by atoms with E-state index in [2.05, 4.69) is 4.98 Å². The summed E-state index contributed by atoms with van der Waals surface area (Å²) >= 11 is 0. The van der Waals surface area contributed by atoms with Crippen LogP contribution in [0.25, 0.3) is 0 Å². The van der Waals surface area contributed by atoms with Gasteiger partial charge < -0.3 is 10.8 Å². The van der Waals surface area contributed by atoms with Crippen LogP contribution in [0, 0.1) is 12.3 Å². The molecular weight excluding hydrogens is 188 g/mol. The lowest BCUT2D eigenvalue weighted by Crippen LogP contribution is -2.33. The van der Waals surface area contributed by atoms with Gasteiger partial charge in [0, 0.05) is 23.9 Å². The third kappa shape index (κ3) is 2.55. The molecular formula is C12H20N2O. The number of nitrogens with zero attached hydrogens (tertiary/aromatic N) is 1. The molecule has 0 bridgehead atoms. The molecule has 2 unspecified atom stereocenters. The fraction of sp³-hybridized carbons (Fsp3) is 0.583. The van der Waals surface area contributed by atoms with Crippen molar-refractivity contribution < 1.29 is 5.11 Å². The first-order valence-corrected chi connectivity index (χ1v) is 5.34. The average molecular weight is 208 g/mol. The van der Waals surface area contributed by atoms with Crippen LogP contribution in [0.3, 0.4) is 0 Å². The van der Waals surface area contributed by atoms with Gasteiger partial charge in [0.05, 0.1) is 6.10 Å². The normalized spacial score (nSPS) is 17.1. The Morgan fingerprint density at radius 3 is 2.60 bits per heavy atom. The van der Waals surface area contributed by atoms with Crippen LogP contribution in [0.1, 0.15) is 37.6 Å². The van der Waals surface area contributed by atoms with E-state index in [0.29, 0.717) is 6.54 Å². The number of hydrogen-bond donors (Lipinski definition) is 2. The fourth-order valence-corrected chi connectivity index (χ4v) is 1.49. The highest BCUT2D eigenvalue weighted by atomic mass is 16.3. The smallest absolute Gasteiger partial charge is 0.0870 e. The van der Waals surface area contributed by atoms with Crippen molar-refractivity contribution in [2.45, 2.75) is 33.3 Å². The largest absolute Gasteiger partial charge is 0.388 e. The molecule has 1 aromatic rings. The molecule has 0 fully saturated rings. The molecule has 1 rings (SSSR count). The van der Waals surface area contributed by atoms with Crippen LogP contribution in [0.15, 0.2) is 18.3 Å². The second kappa shape index (κ2) is 4.73. The van der Waals surface area contributed by atoms with Gasteiger partial charge in [-0.3, -0.25) is 4.98 Å². The molecule has 3 nitrogen and oxygen atoms in total. The molecule has 0 saturated carbocycles. The third-order valence-electron chi connectivity index (χ3n) is 3.18. The van der Waals surface area contributed by atoms with Crippen LogP contribution in [-0.4, -0.2) is 16.6 Å². The molecule has 0 spiro atoms. The van der Waals surface area contributed by atoms with E-state index in [1.54, 1.807) is 6.20 Å². The minimum Gasteiger partial charge on any atom is -0.388 e. The van der Waals surface area contributed by atoms with Crippen molar-refractivity contribution in [2.24, 2.45) is 11.1 Å². The topological polar surface area (TPSA) is 59.1 Å². The molecule has 0 aliphatic heterocycles. The molecule has 84 valence electrons. The highest BCUT2D eigenvalue weighted by Gasteiger charge is 2.30. The zero-order valence-corrected chi connectivity index (χ0v) is 9.70. The second-order valence-corrected chi connectivity index (χ2v) is 4.35. The molecule has 15 heavy (non-hydrogen) atoms. The summed E-state index contributed by atoms with van der Waals surface area (Å²) in [6, 6.07) is 3.82. The van der Waals surface area contributed by atoms with Gasteiger partial charge in [-0.05, 0) is 25.0 Å². The lowest BCUT2D eigenvalue weighted by molar-refractivity contribution is 0.0389. The van der Waals surface area contributed by atoms with Crippen LogP contribution < -0.4 is 5.73 Å². The molecule has 1 aromatic heterocycles. The van der Waals surface area contributed by atoms with E-state index >= 15 is 0 Å². The predicted molar refractivity (Wildman–Crippen MR) is 61.4 cm³/mol. The Kier molecular flexibility index (Phi) is 3.83. The molecule has 0 saturated heterocycles. The SMILES string of the molecule is CCC(C)(CN)C(O)c1ccc(C)nc1. The molecule has 0 aromatic carbocycles. The summed E-state index contributed by atoms with van der Waals surface area (Å²) in [6.07, 6.45) is 2.03. The summed E-state index contributed by atoms with van der Waals surface area (Å²) in [5.74, 6) is 0. The van der Waals surface area contributed by atoms with E-state index < -0.39 is 6.10 Å². The highest BCUT2D eigenvalue weighted by molar-refractivity contribution is 5.18. The van der Waals surface area contributed by atoms with Gasteiger partial charge in [0.2, 0.25) is 0 Å². The van der Waals surface area contributed by atoms with E-state index in [1.807, 2.05) is 32.9 Å². The van der Waals surface area contributed by atoms with Gasteiger partial charge in [-0.15, -0.1) is 0 Å². The first-order valence-electron chi connectivity index (χ1n) is 5.34. The van der Waals surface area contributed by atoms with Gasteiger partial charge in [-0.2, -0.15) is 0 Å². The minimum atomic E-state index is -0.541. The number of rotatable bonds is 4. The number of pyridine rings is 1. The second-order valence-electron chi connectivity index (χ2n) is 4.35. The quantitative estimate of drug-likeness (QED) is 0.793. The molecule has 2 atom stereocenters. The van der Waals surface area contributed by atoms with Crippen molar-refractivity contribution in [1.82, 2.24) is 4.98 Å². The summed E-state index contributed by atoms with van der Waals surface area (Å²) in [6.45, 7) is 6.44. The minimum absolute atomic E-state index is 0.267. The summed E-state index contributed by atoms with van der Waals surface area (Å²) < 4.78 is 0. The van der Waals surface area contributed by atoms with E-state index in [4.69, 9.17) is 5.73 Å². The van der Waals surface area contributed by atoms with Crippen LogP contribution in [-0.2, 0) is 0 Å². The van der Waals surface area contributed by atoms with Gasteiger partial charge in [0.15, 0.2) is 0 Å². The summed E-state index contributed by atoms with van der Waals surface area (Å²) in [4.78, 5) is 4.18. The Morgan fingerprint density at radius 2 is 2.20 bits per heavy atom. The fourth-order valence-electron chi connectivity index (χ4n) is 1.49. The van der Waals surface area contributed by atoms with Crippen molar-refractivity contribution in [3.63, 3.8) is 0 Å². The number of hydrogen-bond acceptors (Lipinski definition) is 3. The lowest BCUT2D eigenvalue weighted by Gasteiger charge is -2.32. The zero-order chi connectivity index (χ0) is 11.5. The Hall–Kier alpha value is -0.930. The average Bonchev–Trinajstić information content (AvgIpc) is 2.28. The van der Waals surface area contributed by atoms with Crippen LogP contribution >= 0.6 is 0 Å². The maximum absolute atomic E-state index is 10.2. The van der Waals surface area contributed by atoms with Crippen molar-refractivity contribution >= 4 is 0 Å². The maximum Gasteiger partial charge on any atom is 0.0870 e. The molecule has 0 amide bonds. The Balaban J connectivity index is 2.92. The monoisotopic (exact) mass is 208 g/mol. The molecule has 0 radical (unpaired) electrons. The van der Waals surface area contributed by atoms with Crippen LogP contribution in [0.5, 0.6) is 0 Å². The first kappa shape index (κ1) is 12.1. The number of aryl methyl sites for hydroxylation is 1. The van der Waals surface area contributed by atoms with Crippen LogP contribution in [0.4, 0.5) is 0 Å². The van der Waals surface area contributed by atoms with Gasteiger partial charge in [0.25, 0.3) is 0 Å². The van der Waals surface area contributed by atoms with Crippen molar-refractivity contribution in [2.75, 3.05) is 6.54 Å². The first-order chi connectivity index (χ1) is 7.03. The number of aliphatic hydroxyl groups is 1. The van der Waals surface area contributed by atoms with E-state index in [1.165, 1.54) is 0 Å². The van der Waals surface area contributed by atoms with Crippen molar-refractivity contribution in [1.29, 1.82) is 0 Å². The predicted octanol–water partition coefficient (Wildman–Crippen LogP) is 1.80. The van der Waals surface area contributed by atoms with Gasteiger partial charge in [0.1, 0.15) is 0 Å². The summed E-state index contributed by atoms with van der Waals surface area (Å²) in [5, 5.41) is 10.2. The van der Waals surface area contributed by atoms with Crippen molar-refractivity contribution in [3.05, 3.63) is 29.6 Å². The Bertz CT molecular complexity index is 304.